The van der Waals surface area contributed by atoms with Gasteiger partial charge < -0.3 is 10.3 Å². The first kappa shape index (κ1) is 19.7. The van der Waals surface area contributed by atoms with E-state index in [0.717, 1.165) is 35.6 Å². The lowest BCUT2D eigenvalue weighted by Gasteiger charge is -2.37. The van der Waals surface area contributed by atoms with E-state index in [1.807, 2.05) is 0 Å². The quantitative estimate of drug-likeness (QED) is 0.589. The largest absolute Gasteiger partial charge is 0.424 e. The molecule has 1 heterocycles. The van der Waals surface area contributed by atoms with Crippen LogP contribution < -0.4 is 5.32 Å². The van der Waals surface area contributed by atoms with Crippen LogP contribution in [-0.4, -0.2) is 23.2 Å². The van der Waals surface area contributed by atoms with E-state index < -0.39 is 40.7 Å². The Kier molecular flexibility index (Phi) is 4.60. The van der Waals surface area contributed by atoms with Crippen LogP contribution in [0.25, 0.3) is 10.9 Å². The lowest BCUT2D eigenvalue weighted by Crippen LogP contribution is -2.64. The van der Waals surface area contributed by atoms with Crippen LogP contribution in [0, 0.1) is 5.82 Å². The number of hydrogen-bond donors (Lipinski definition) is 2. The Bertz CT molecular complexity index is 989. The average Bonchev–Trinajstić information content (AvgIpc) is 3.02. The number of fused-ring (bicyclic) bond motifs is 1. The van der Waals surface area contributed by atoms with E-state index in [9.17, 15) is 35.5 Å². The summed E-state index contributed by atoms with van der Waals surface area (Å²) in [5.74, 6) is -2.45. The summed E-state index contributed by atoms with van der Waals surface area (Å²) in [7, 11) is 0. The summed E-state index contributed by atoms with van der Waals surface area (Å²) in [5.41, 5.74) is -6.39. The van der Waals surface area contributed by atoms with Crippen molar-refractivity contribution in [2.45, 2.75) is 17.9 Å². The molecule has 3 aromatic rings. The van der Waals surface area contributed by atoms with Crippen LogP contribution in [0.4, 0.5) is 30.7 Å². The van der Waals surface area contributed by atoms with Gasteiger partial charge in [-0.25, -0.2) is 4.39 Å². The van der Waals surface area contributed by atoms with E-state index in [4.69, 9.17) is 0 Å². The van der Waals surface area contributed by atoms with Crippen molar-refractivity contribution < 1.29 is 35.5 Å². The van der Waals surface area contributed by atoms with Gasteiger partial charge in [0.15, 0.2) is 0 Å². The molecular weight excluding hydrogens is 393 g/mol. The third kappa shape index (κ3) is 3.08. The Morgan fingerprint density at radius 3 is 2.00 bits per heavy atom. The monoisotopic (exact) mass is 404 g/mol. The van der Waals surface area contributed by atoms with Gasteiger partial charge in [0.1, 0.15) is 5.82 Å². The fourth-order valence-corrected chi connectivity index (χ4v) is 2.90. The number of hydrogen-bond acceptors (Lipinski definition) is 1. The van der Waals surface area contributed by atoms with Crippen molar-refractivity contribution in [3.05, 3.63) is 71.7 Å². The van der Waals surface area contributed by atoms with Gasteiger partial charge in [0.2, 0.25) is 0 Å². The number of alkyl halides is 6. The molecule has 3 nitrogen and oxygen atoms in total. The van der Waals surface area contributed by atoms with Gasteiger partial charge in [-0.1, -0.05) is 18.2 Å². The molecule has 28 heavy (non-hydrogen) atoms. The molecule has 0 spiro atoms. The van der Waals surface area contributed by atoms with E-state index >= 15 is 0 Å². The van der Waals surface area contributed by atoms with Crippen LogP contribution in [0.15, 0.2) is 54.7 Å². The number of rotatable bonds is 3. The summed E-state index contributed by atoms with van der Waals surface area (Å²) < 4.78 is 96.3. The number of carbonyl (C=O) groups is 1. The van der Waals surface area contributed by atoms with Crippen molar-refractivity contribution in [2.24, 2.45) is 0 Å². The van der Waals surface area contributed by atoms with Crippen molar-refractivity contribution in [3.63, 3.8) is 0 Å². The molecule has 0 saturated heterocycles. The van der Waals surface area contributed by atoms with Gasteiger partial charge in [0, 0.05) is 28.2 Å². The highest BCUT2D eigenvalue weighted by Crippen LogP contribution is 2.52. The zero-order chi connectivity index (χ0) is 20.7. The molecule has 0 fully saturated rings. The number of aromatic nitrogens is 1. The van der Waals surface area contributed by atoms with E-state index in [1.54, 1.807) is 0 Å². The van der Waals surface area contributed by atoms with E-state index in [1.165, 1.54) is 18.2 Å². The second-order valence-electron chi connectivity index (χ2n) is 5.95. The second-order valence-corrected chi connectivity index (χ2v) is 5.95. The van der Waals surface area contributed by atoms with Gasteiger partial charge in [-0.2, -0.15) is 26.3 Å². The van der Waals surface area contributed by atoms with Crippen molar-refractivity contribution in [1.29, 1.82) is 0 Å². The molecule has 2 N–H and O–H groups in total. The summed E-state index contributed by atoms with van der Waals surface area (Å²) in [4.78, 5) is 14.6. The van der Waals surface area contributed by atoms with Crippen molar-refractivity contribution in [2.75, 3.05) is 0 Å². The molecule has 10 heteroatoms. The number of para-hydroxylation sites is 1. The van der Waals surface area contributed by atoms with Gasteiger partial charge in [-0.3, -0.25) is 4.79 Å². The van der Waals surface area contributed by atoms with Crippen LogP contribution in [0.1, 0.15) is 15.9 Å². The van der Waals surface area contributed by atoms with Crippen molar-refractivity contribution in [3.8, 4) is 0 Å². The first-order valence-electron chi connectivity index (χ1n) is 7.75. The van der Waals surface area contributed by atoms with Gasteiger partial charge in [0.05, 0.1) is 0 Å². The van der Waals surface area contributed by atoms with Crippen LogP contribution in [0.2, 0.25) is 0 Å². The van der Waals surface area contributed by atoms with Crippen molar-refractivity contribution >= 4 is 16.8 Å². The molecule has 0 bridgehead atoms. The summed E-state index contributed by atoms with van der Waals surface area (Å²) in [6.07, 6.45) is -11.3. The molecule has 3 rings (SSSR count). The highest BCUT2D eigenvalue weighted by atomic mass is 19.4. The molecular formula is C18H11F7N2O. The molecule has 148 valence electrons. The Hall–Kier alpha value is -3.04. The fourth-order valence-electron chi connectivity index (χ4n) is 2.90. The molecule has 0 unspecified atom stereocenters. The standard InChI is InChI=1S/C18H11F7N2O/c19-11-7-5-10(6-8-11)15(28)27-16(17(20,21)22,18(23,24)25)13-9-26-14-4-2-1-3-12(13)14/h1-9,26H,(H,27,28). The molecule has 0 radical (unpaired) electrons. The number of amides is 1. The lowest BCUT2D eigenvalue weighted by atomic mass is 9.87. The Balaban J connectivity index is 2.22. The van der Waals surface area contributed by atoms with E-state index in [-0.39, 0.29) is 10.9 Å². The second kappa shape index (κ2) is 6.54. The number of aromatic amines is 1. The maximum absolute atomic E-state index is 13.9. The van der Waals surface area contributed by atoms with Crippen LogP contribution >= 0.6 is 0 Å². The maximum atomic E-state index is 13.9. The normalized spacial score (nSPS) is 13.0. The molecule has 0 aliphatic rings. The summed E-state index contributed by atoms with van der Waals surface area (Å²) >= 11 is 0. The van der Waals surface area contributed by atoms with Gasteiger partial charge in [-0.15, -0.1) is 0 Å². The topological polar surface area (TPSA) is 44.9 Å². The number of benzene rings is 2. The minimum absolute atomic E-state index is 0.0337. The first-order valence-corrected chi connectivity index (χ1v) is 7.75. The molecule has 1 aromatic heterocycles. The Morgan fingerprint density at radius 2 is 1.43 bits per heavy atom. The predicted octanol–water partition coefficient (Wildman–Crippen LogP) is 5.06. The third-order valence-corrected chi connectivity index (χ3v) is 4.25. The van der Waals surface area contributed by atoms with Gasteiger partial charge >= 0.3 is 12.4 Å². The SMILES string of the molecule is O=C(NC(c1c[nH]c2ccccc12)(C(F)(F)F)C(F)(F)F)c1ccc(F)cc1. The summed E-state index contributed by atoms with van der Waals surface area (Å²) in [6, 6.07) is 8.18. The first-order chi connectivity index (χ1) is 13.0. The number of halogens is 7. The van der Waals surface area contributed by atoms with E-state index in [0.29, 0.717) is 6.20 Å². The zero-order valence-corrected chi connectivity index (χ0v) is 13.8. The highest BCUT2D eigenvalue weighted by molar-refractivity contribution is 5.95. The summed E-state index contributed by atoms with van der Waals surface area (Å²) in [5, 5.41) is 0.759. The van der Waals surface area contributed by atoms with E-state index in [2.05, 4.69) is 4.98 Å². The molecule has 0 aliphatic heterocycles. The predicted molar refractivity (Wildman–Crippen MR) is 86.0 cm³/mol. The average molecular weight is 404 g/mol. The molecule has 0 atom stereocenters. The van der Waals surface area contributed by atoms with Crippen molar-refractivity contribution in [1.82, 2.24) is 10.3 Å². The van der Waals surface area contributed by atoms with Crippen LogP contribution in [0.5, 0.6) is 0 Å². The Morgan fingerprint density at radius 1 is 0.857 bits per heavy atom. The minimum Gasteiger partial charge on any atom is -0.361 e. The smallest absolute Gasteiger partial charge is 0.361 e. The zero-order valence-electron chi connectivity index (χ0n) is 13.8. The highest BCUT2D eigenvalue weighted by Gasteiger charge is 2.73. The molecule has 0 saturated carbocycles. The summed E-state index contributed by atoms with van der Waals surface area (Å²) in [6.45, 7) is 0. The lowest BCUT2D eigenvalue weighted by molar-refractivity contribution is -0.309. The third-order valence-electron chi connectivity index (χ3n) is 4.25. The minimum atomic E-state index is -5.92. The van der Waals surface area contributed by atoms with Crippen LogP contribution in [-0.2, 0) is 5.54 Å². The molecule has 0 aliphatic carbocycles. The van der Waals surface area contributed by atoms with Gasteiger partial charge in [-0.05, 0) is 30.3 Å². The molecule has 2 aromatic carbocycles. The van der Waals surface area contributed by atoms with Gasteiger partial charge in [0.25, 0.3) is 11.4 Å². The molecule has 1 amide bonds. The number of nitrogens with one attached hydrogen (secondary N) is 2. The fraction of sp³-hybridized carbons (Fsp3) is 0.167. The Labute approximate surface area is 153 Å². The number of carbonyl (C=O) groups excluding carboxylic acids is 1. The number of H-pyrrole nitrogens is 1. The van der Waals surface area contributed by atoms with Crippen LogP contribution in [0.3, 0.4) is 0 Å². The maximum Gasteiger partial charge on any atom is 0.424 e.